The number of anilines is 2. The van der Waals surface area contributed by atoms with Gasteiger partial charge >= 0.3 is 12.2 Å². The van der Waals surface area contributed by atoms with Crippen LogP contribution in [0, 0.1) is 0 Å². The Morgan fingerprint density at radius 3 is 2.44 bits per heavy atom. The summed E-state index contributed by atoms with van der Waals surface area (Å²) in [6, 6.07) is 12.0. The Hall–Kier alpha value is -3.78. The Morgan fingerprint density at radius 1 is 1.08 bits per heavy atom. The summed E-state index contributed by atoms with van der Waals surface area (Å²) in [5.74, 6) is 0.819. The van der Waals surface area contributed by atoms with Crippen LogP contribution in [0.25, 0.3) is 22.8 Å². The first-order valence-electron chi connectivity index (χ1n) is 12.0. The molecule has 1 unspecified atom stereocenters. The number of hydrogen-bond acceptors (Lipinski definition) is 8. The van der Waals surface area contributed by atoms with E-state index in [4.69, 9.17) is 4.74 Å². The molecule has 2 N–H and O–H groups in total. The molecule has 0 spiro atoms. The molecule has 3 aromatic rings. The Morgan fingerprint density at radius 2 is 1.77 bits per heavy atom. The lowest BCUT2D eigenvalue weighted by Crippen LogP contribution is -2.44. The van der Waals surface area contributed by atoms with E-state index in [9.17, 15) is 26.4 Å². The number of amides is 2. The maximum atomic E-state index is 12.5. The number of urea groups is 1. The second-order valence-electron chi connectivity index (χ2n) is 8.99. The molecular weight excluding hydrogens is 537 g/mol. The lowest BCUT2D eigenvalue weighted by atomic mass is 10.1. The molecule has 1 aromatic heterocycles. The van der Waals surface area contributed by atoms with E-state index in [0.29, 0.717) is 42.5 Å². The Labute approximate surface area is 223 Å². The number of halogens is 3. The fraction of sp³-hybridized carbons (Fsp3) is 0.360. The summed E-state index contributed by atoms with van der Waals surface area (Å²) < 4.78 is 67.4. The predicted molar refractivity (Wildman–Crippen MR) is 139 cm³/mol. The topological polar surface area (TPSA) is 126 Å². The van der Waals surface area contributed by atoms with Gasteiger partial charge in [0.2, 0.25) is 5.95 Å². The standard InChI is InChI=1S/C25H27F3N6O4S/c1-16-15-38-14-13-34(16)23-32-21(31-22(33-23)19-5-3-4-6-20(19)39(2,36)37)17-7-9-18(10-8-17)30-24(35)29-12-11-25(26,27)28/h3-10,16H,11-15H2,1-2H3,(H2,29,30,35). The van der Waals surface area contributed by atoms with Crippen LogP contribution in [0.2, 0.25) is 0 Å². The van der Waals surface area contributed by atoms with Crippen LogP contribution < -0.4 is 15.5 Å². The molecule has 4 rings (SSSR count). The highest BCUT2D eigenvalue weighted by atomic mass is 32.2. The van der Waals surface area contributed by atoms with Crippen molar-refractivity contribution in [3.05, 3.63) is 48.5 Å². The van der Waals surface area contributed by atoms with Crippen molar-refractivity contribution in [2.24, 2.45) is 0 Å². The van der Waals surface area contributed by atoms with E-state index in [1.165, 1.54) is 6.07 Å². The van der Waals surface area contributed by atoms with E-state index in [-0.39, 0.29) is 22.6 Å². The summed E-state index contributed by atoms with van der Waals surface area (Å²) in [6.45, 7) is 2.91. The zero-order valence-corrected chi connectivity index (χ0v) is 22.0. The number of morpholine rings is 1. The number of carbonyl (C=O) groups is 1. The van der Waals surface area contributed by atoms with Crippen LogP contribution in [0.4, 0.5) is 29.6 Å². The van der Waals surface area contributed by atoms with E-state index in [0.717, 1.165) is 6.26 Å². The molecule has 0 bridgehead atoms. The molecule has 2 heterocycles. The highest BCUT2D eigenvalue weighted by Gasteiger charge is 2.27. The molecule has 1 saturated heterocycles. The minimum atomic E-state index is -4.36. The van der Waals surface area contributed by atoms with Gasteiger partial charge in [-0.3, -0.25) is 0 Å². The summed E-state index contributed by atoms with van der Waals surface area (Å²) in [4.78, 5) is 27.8. The van der Waals surface area contributed by atoms with Gasteiger partial charge in [0.05, 0.1) is 30.6 Å². The van der Waals surface area contributed by atoms with Gasteiger partial charge in [0.25, 0.3) is 0 Å². The van der Waals surface area contributed by atoms with E-state index in [2.05, 4.69) is 25.6 Å². The molecule has 1 atom stereocenters. The maximum absolute atomic E-state index is 12.5. The summed E-state index contributed by atoms with van der Waals surface area (Å²) in [6.07, 6.45) is -4.38. The van der Waals surface area contributed by atoms with Gasteiger partial charge in [0, 0.05) is 36.2 Å². The SMILES string of the molecule is CC1COCCN1c1nc(-c2ccc(NC(=O)NCCC(F)(F)F)cc2)nc(-c2ccccc2S(C)(=O)=O)n1. The Bertz CT molecular complexity index is 1430. The number of benzene rings is 2. The van der Waals surface area contributed by atoms with Crippen LogP contribution >= 0.6 is 0 Å². The summed E-state index contributed by atoms with van der Waals surface area (Å²) in [5, 5.41) is 4.63. The van der Waals surface area contributed by atoms with Gasteiger partial charge in [-0.2, -0.15) is 23.1 Å². The van der Waals surface area contributed by atoms with Crippen molar-refractivity contribution in [3.8, 4) is 22.8 Å². The van der Waals surface area contributed by atoms with Crippen LogP contribution in [0.15, 0.2) is 53.4 Å². The molecule has 1 fully saturated rings. The molecule has 0 aliphatic carbocycles. The number of ether oxygens (including phenoxy) is 1. The van der Waals surface area contributed by atoms with Gasteiger partial charge in [0.15, 0.2) is 21.5 Å². The minimum Gasteiger partial charge on any atom is -0.377 e. The smallest absolute Gasteiger partial charge is 0.377 e. The first-order valence-corrected chi connectivity index (χ1v) is 13.9. The molecule has 0 saturated carbocycles. The highest BCUT2D eigenvalue weighted by Crippen LogP contribution is 2.29. The normalized spacial score (nSPS) is 16.1. The number of rotatable bonds is 7. The largest absolute Gasteiger partial charge is 0.390 e. The molecule has 39 heavy (non-hydrogen) atoms. The van der Waals surface area contributed by atoms with Crippen molar-refractivity contribution < 1.29 is 31.1 Å². The number of carbonyl (C=O) groups excluding carboxylic acids is 1. The van der Waals surface area contributed by atoms with E-state index >= 15 is 0 Å². The monoisotopic (exact) mass is 564 g/mol. The number of sulfone groups is 1. The summed E-state index contributed by atoms with van der Waals surface area (Å²) >= 11 is 0. The fourth-order valence-electron chi connectivity index (χ4n) is 3.94. The van der Waals surface area contributed by atoms with Gasteiger partial charge in [-0.25, -0.2) is 18.2 Å². The van der Waals surface area contributed by atoms with E-state index in [1.807, 2.05) is 11.8 Å². The lowest BCUT2D eigenvalue weighted by Gasteiger charge is -2.33. The Balaban J connectivity index is 1.66. The minimum absolute atomic E-state index is 0.0329. The molecule has 1 aliphatic rings. The van der Waals surface area contributed by atoms with E-state index < -0.39 is 35.0 Å². The second kappa shape index (κ2) is 11.5. The number of alkyl halides is 3. The average Bonchev–Trinajstić information content (AvgIpc) is 2.88. The lowest BCUT2D eigenvalue weighted by molar-refractivity contribution is -0.132. The number of aromatic nitrogens is 3. The molecule has 10 nitrogen and oxygen atoms in total. The number of nitrogens with one attached hydrogen (secondary N) is 2. The molecule has 1 aliphatic heterocycles. The third kappa shape index (κ3) is 7.41. The summed E-state index contributed by atoms with van der Waals surface area (Å²) in [7, 11) is -3.58. The van der Waals surface area contributed by atoms with Crippen molar-refractivity contribution in [1.29, 1.82) is 0 Å². The van der Waals surface area contributed by atoms with Crippen molar-refractivity contribution in [1.82, 2.24) is 20.3 Å². The van der Waals surface area contributed by atoms with Crippen LogP contribution in [-0.4, -0.2) is 74.2 Å². The van der Waals surface area contributed by atoms with Crippen LogP contribution in [0.5, 0.6) is 0 Å². The molecule has 208 valence electrons. The number of nitrogens with zero attached hydrogens (tertiary/aromatic N) is 4. The van der Waals surface area contributed by atoms with Crippen molar-refractivity contribution in [3.63, 3.8) is 0 Å². The zero-order valence-electron chi connectivity index (χ0n) is 21.2. The van der Waals surface area contributed by atoms with Crippen LogP contribution in [0.3, 0.4) is 0 Å². The maximum Gasteiger partial charge on any atom is 0.390 e. The fourth-order valence-corrected chi connectivity index (χ4v) is 4.82. The third-order valence-corrected chi connectivity index (χ3v) is 7.03. The first kappa shape index (κ1) is 28.2. The van der Waals surface area contributed by atoms with Crippen molar-refractivity contribution in [2.45, 2.75) is 30.5 Å². The predicted octanol–water partition coefficient (Wildman–Crippen LogP) is 3.91. The van der Waals surface area contributed by atoms with Crippen LogP contribution in [-0.2, 0) is 14.6 Å². The molecule has 2 aromatic carbocycles. The zero-order chi connectivity index (χ0) is 28.2. The third-order valence-electron chi connectivity index (χ3n) is 5.87. The van der Waals surface area contributed by atoms with Crippen molar-refractivity contribution >= 4 is 27.5 Å². The Kier molecular flexibility index (Phi) is 8.35. The van der Waals surface area contributed by atoms with Gasteiger partial charge in [0.1, 0.15) is 0 Å². The highest BCUT2D eigenvalue weighted by molar-refractivity contribution is 7.90. The summed E-state index contributed by atoms with van der Waals surface area (Å²) in [5.41, 5.74) is 1.24. The van der Waals surface area contributed by atoms with Gasteiger partial charge in [-0.05, 0) is 43.3 Å². The van der Waals surface area contributed by atoms with E-state index in [1.54, 1.807) is 42.5 Å². The molecule has 2 amide bonds. The van der Waals surface area contributed by atoms with Gasteiger partial charge < -0.3 is 20.3 Å². The van der Waals surface area contributed by atoms with Gasteiger partial charge in [-0.1, -0.05) is 12.1 Å². The average molecular weight is 565 g/mol. The van der Waals surface area contributed by atoms with Crippen molar-refractivity contribution in [2.75, 3.05) is 42.8 Å². The molecule has 14 heteroatoms. The molecule has 0 radical (unpaired) electrons. The quantitative estimate of drug-likeness (QED) is 0.443. The van der Waals surface area contributed by atoms with Crippen LogP contribution in [0.1, 0.15) is 13.3 Å². The first-order chi connectivity index (χ1) is 18.4. The second-order valence-corrected chi connectivity index (χ2v) is 11.0. The number of hydrogen-bond donors (Lipinski definition) is 2. The van der Waals surface area contributed by atoms with Gasteiger partial charge in [-0.15, -0.1) is 0 Å². The molecular formula is C25H27F3N6O4S.